The van der Waals surface area contributed by atoms with Crippen LogP contribution in [0.15, 0.2) is 42.9 Å². The van der Waals surface area contributed by atoms with Crippen LogP contribution >= 0.6 is 11.6 Å². The highest BCUT2D eigenvalue weighted by Crippen LogP contribution is 2.32. The van der Waals surface area contributed by atoms with E-state index in [1.807, 2.05) is 0 Å². The van der Waals surface area contributed by atoms with Crippen LogP contribution < -0.4 is 14.8 Å². The van der Waals surface area contributed by atoms with Gasteiger partial charge >= 0.3 is 0 Å². The van der Waals surface area contributed by atoms with Crippen molar-refractivity contribution in [3.63, 3.8) is 0 Å². The van der Waals surface area contributed by atoms with Crippen LogP contribution in [0.25, 0.3) is 11.4 Å². The van der Waals surface area contributed by atoms with Gasteiger partial charge in [-0.25, -0.2) is 14.4 Å². The SMILES string of the molecule is COc1cnc(-c2cc(Cl)ccc2F)nc1Nc1ccncc1OCC(C)C. The molecule has 3 rings (SSSR count). The van der Waals surface area contributed by atoms with Gasteiger partial charge in [-0.2, -0.15) is 0 Å². The normalized spacial score (nSPS) is 10.8. The fraction of sp³-hybridized carbons (Fsp3) is 0.250. The minimum absolute atomic E-state index is 0.182. The molecule has 0 aliphatic rings. The summed E-state index contributed by atoms with van der Waals surface area (Å²) in [7, 11) is 1.51. The molecular weight excluding hydrogens is 383 g/mol. The Balaban J connectivity index is 1.97. The molecule has 1 aromatic carbocycles. The Hall–Kier alpha value is -2.93. The maximum atomic E-state index is 14.2. The molecule has 2 heterocycles. The zero-order chi connectivity index (χ0) is 20.1. The van der Waals surface area contributed by atoms with Crippen LogP contribution in [-0.4, -0.2) is 28.7 Å². The second-order valence-corrected chi connectivity index (χ2v) is 6.87. The molecule has 0 saturated heterocycles. The summed E-state index contributed by atoms with van der Waals surface area (Å²) in [6.45, 7) is 4.66. The van der Waals surface area contributed by atoms with Crippen molar-refractivity contribution in [3.05, 3.63) is 53.7 Å². The molecule has 8 heteroatoms. The van der Waals surface area contributed by atoms with Crippen molar-refractivity contribution in [1.82, 2.24) is 15.0 Å². The summed E-state index contributed by atoms with van der Waals surface area (Å²) in [5, 5.41) is 3.56. The van der Waals surface area contributed by atoms with E-state index >= 15 is 0 Å². The number of hydrogen-bond donors (Lipinski definition) is 1. The average Bonchev–Trinajstić information content (AvgIpc) is 2.69. The standard InChI is InChI=1S/C20H20ClFN4O2/c1-12(2)11-28-17-9-23-7-6-16(17)25-20-18(27-3)10-24-19(26-20)14-8-13(21)4-5-15(14)22/h4-10,12H,11H2,1-3H3,(H,23,24,25,26). The summed E-state index contributed by atoms with van der Waals surface area (Å²) in [5.74, 6) is 1.42. The van der Waals surface area contributed by atoms with Gasteiger partial charge in [-0.15, -0.1) is 0 Å². The fourth-order valence-corrected chi connectivity index (χ4v) is 2.56. The smallest absolute Gasteiger partial charge is 0.179 e. The summed E-state index contributed by atoms with van der Waals surface area (Å²) < 4.78 is 25.4. The number of anilines is 2. The Bertz CT molecular complexity index is 969. The number of benzene rings is 1. The molecule has 0 spiro atoms. The number of nitrogens with one attached hydrogen (secondary N) is 1. The van der Waals surface area contributed by atoms with Crippen LogP contribution in [0.3, 0.4) is 0 Å². The van der Waals surface area contributed by atoms with Gasteiger partial charge in [0.05, 0.1) is 37.4 Å². The van der Waals surface area contributed by atoms with E-state index < -0.39 is 5.82 Å². The molecule has 0 aliphatic heterocycles. The van der Waals surface area contributed by atoms with Gasteiger partial charge in [0.2, 0.25) is 0 Å². The monoisotopic (exact) mass is 402 g/mol. The lowest BCUT2D eigenvalue weighted by Gasteiger charge is -2.15. The minimum atomic E-state index is -0.467. The van der Waals surface area contributed by atoms with Gasteiger partial charge in [-0.05, 0) is 30.2 Å². The van der Waals surface area contributed by atoms with Crippen LogP contribution in [0.2, 0.25) is 5.02 Å². The molecule has 0 atom stereocenters. The van der Waals surface area contributed by atoms with E-state index in [9.17, 15) is 4.39 Å². The third-order valence-corrected chi connectivity index (χ3v) is 3.99. The van der Waals surface area contributed by atoms with Crippen molar-refractivity contribution >= 4 is 23.1 Å². The third kappa shape index (κ3) is 4.67. The number of ether oxygens (including phenoxy) is 2. The van der Waals surface area contributed by atoms with E-state index in [1.165, 1.54) is 31.5 Å². The van der Waals surface area contributed by atoms with Crippen LogP contribution in [-0.2, 0) is 0 Å². The molecule has 6 nitrogen and oxygen atoms in total. The van der Waals surface area contributed by atoms with E-state index in [2.05, 4.69) is 34.1 Å². The van der Waals surface area contributed by atoms with Crippen LogP contribution in [0.4, 0.5) is 15.9 Å². The first-order chi connectivity index (χ1) is 13.5. The molecule has 1 N–H and O–H groups in total. The van der Waals surface area contributed by atoms with E-state index in [4.69, 9.17) is 21.1 Å². The number of pyridine rings is 1. The Kier molecular flexibility index (Phi) is 6.26. The quantitative estimate of drug-likeness (QED) is 0.591. The van der Waals surface area contributed by atoms with Crippen molar-refractivity contribution in [2.24, 2.45) is 5.92 Å². The number of methoxy groups -OCH3 is 1. The molecule has 3 aromatic rings. The van der Waals surface area contributed by atoms with E-state index in [0.29, 0.717) is 40.6 Å². The molecule has 28 heavy (non-hydrogen) atoms. The summed E-state index contributed by atoms with van der Waals surface area (Å²) in [5.41, 5.74) is 0.856. The molecule has 0 radical (unpaired) electrons. The summed E-state index contributed by atoms with van der Waals surface area (Å²) >= 11 is 5.99. The predicted molar refractivity (Wildman–Crippen MR) is 107 cm³/mol. The Morgan fingerprint density at radius 2 is 2.00 bits per heavy atom. The first kappa shape index (κ1) is 19.8. The maximum absolute atomic E-state index is 14.2. The number of nitrogens with zero attached hydrogens (tertiary/aromatic N) is 3. The third-order valence-electron chi connectivity index (χ3n) is 3.75. The van der Waals surface area contributed by atoms with E-state index in [-0.39, 0.29) is 11.4 Å². The summed E-state index contributed by atoms with van der Waals surface area (Å²) in [4.78, 5) is 12.7. The van der Waals surface area contributed by atoms with Crippen molar-refractivity contribution in [2.45, 2.75) is 13.8 Å². The molecular formula is C20H20ClFN4O2. The lowest BCUT2D eigenvalue weighted by atomic mass is 10.2. The van der Waals surface area contributed by atoms with Crippen LogP contribution in [0.1, 0.15) is 13.8 Å². The molecule has 0 saturated carbocycles. The molecule has 146 valence electrons. The molecule has 0 amide bonds. The Labute approximate surface area is 167 Å². The molecule has 2 aromatic heterocycles. The van der Waals surface area contributed by atoms with E-state index in [1.54, 1.807) is 18.5 Å². The largest absolute Gasteiger partial charge is 0.491 e. The highest BCUT2D eigenvalue weighted by atomic mass is 35.5. The van der Waals surface area contributed by atoms with Gasteiger partial charge in [0, 0.05) is 11.2 Å². The molecule has 0 aliphatic carbocycles. The first-order valence-electron chi connectivity index (χ1n) is 8.68. The highest BCUT2D eigenvalue weighted by molar-refractivity contribution is 6.30. The number of hydrogen-bond acceptors (Lipinski definition) is 6. The van der Waals surface area contributed by atoms with Gasteiger partial charge in [-0.3, -0.25) is 4.98 Å². The van der Waals surface area contributed by atoms with Crippen molar-refractivity contribution in [2.75, 3.05) is 19.0 Å². The second kappa shape index (κ2) is 8.84. The van der Waals surface area contributed by atoms with Crippen LogP contribution in [0.5, 0.6) is 11.5 Å². The fourth-order valence-electron chi connectivity index (χ4n) is 2.39. The first-order valence-corrected chi connectivity index (χ1v) is 9.06. The maximum Gasteiger partial charge on any atom is 0.179 e. The van der Waals surface area contributed by atoms with Crippen LogP contribution in [0, 0.1) is 11.7 Å². The van der Waals surface area contributed by atoms with Gasteiger partial charge in [0.15, 0.2) is 23.1 Å². The lowest BCUT2D eigenvalue weighted by molar-refractivity contribution is 0.271. The van der Waals surface area contributed by atoms with Crippen molar-refractivity contribution < 1.29 is 13.9 Å². The molecule has 0 unspecified atom stereocenters. The Morgan fingerprint density at radius 1 is 1.18 bits per heavy atom. The Morgan fingerprint density at radius 3 is 2.75 bits per heavy atom. The highest BCUT2D eigenvalue weighted by Gasteiger charge is 2.15. The minimum Gasteiger partial charge on any atom is -0.491 e. The second-order valence-electron chi connectivity index (χ2n) is 6.44. The zero-order valence-corrected chi connectivity index (χ0v) is 16.5. The van der Waals surface area contributed by atoms with E-state index in [0.717, 1.165) is 0 Å². The zero-order valence-electron chi connectivity index (χ0n) is 15.7. The van der Waals surface area contributed by atoms with Crippen molar-refractivity contribution in [1.29, 1.82) is 0 Å². The molecule has 0 bridgehead atoms. The lowest BCUT2D eigenvalue weighted by Crippen LogP contribution is -2.07. The predicted octanol–water partition coefficient (Wildman–Crippen LogP) is 5.12. The molecule has 0 fully saturated rings. The summed E-state index contributed by atoms with van der Waals surface area (Å²) in [6, 6.07) is 5.99. The van der Waals surface area contributed by atoms with Crippen molar-refractivity contribution in [3.8, 4) is 22.9 Å². The van der Waals surface area contributed by atoms with Gasteiger partial charge in [0.1, 0.15) is 5.82 Å². The number of aromatic nitrogens is 3. The average molecular weight is 403 g/mol. The van der Waals surface area contributed by atoms with Gasteiger partial charge in [0.25, 0.3) is 0 Å². The number of rotatable bonds is 7. The van der Waals surface area contributed by atoms with Gasteiger partial charge in [-0.1, -0.05) is 25.4 Å². The summed E-state index contributed by atoms with van der Waals surface area (Å²) in [6.07, 6.45) is 4.73. The number of halogens is 2. The van der Waals surface area contributed by atoms with Gasteiger partial charge < -0.3 is 14.8 Å². The topological polar surface area (TPSA) is 69.2 Å².